The highest BCUT2D eigenvalue weighted by molar-refractivity contribution is 7.09. The summed E-state index contributed by atoms with van der Waals surface area (Å²) in [6, 6.07) is 5.82. The number of esters is 1. The van der Waals surface area contributed by atoms with E-state index in [-0.39, 0.29) is 30.9 Å². The van der Waals surface area contributed by atoms with E-state index in [1.807, 2.05) is 36.9 Å². The predicted octanol–water partition coefficient (Wildman–Crippen LogP) is 3.96. The maximum absolute atomic E-state index is 12.7. The van der Waals surface area contributed by atoms with Crippen LogP contribution in [0.1, 0.15) is 66.2 Å². The number of nitrogens with zero attached hydrogens (tertiary/aromatic N) is 3. The maximum atomic E-state index is 12.7. The van der Waals surface area contributed by atoms with Crippen LogP contribution >= 0.6 is 11.3 Å². The minimum Gasteiger partial charge on any atom is -0.484 e. The van der Waals surface area contributed by atoms with Crippen LogP contribution in [-0.4, -0.2) is 71.5 Å². The Kier molecular flexibility index (Phi) is 8.53. The first kappa shape index (κ1) is 26.7. The summed E-state index contributed by atoms with van der Waals surface area (Å²) >= 11 is 1.45. The summed E-state index contributed by atoms with van der Waals surface area (Å²) < 4.78 is 11.0. The first-order valence-corrected chi connectivity index (χ1v) is 12.7. The van der Waals surface area contributed by atoms with Gasteiger partial charge in [-0.3, -0.25) is 14.4 Å². The number of rotatable bonds is 7. The van der Waals surface area contributed by atoms with E-state index in [1.54, 1.807) is 33.2 Å². The lowest BCUT2D eigenvalue weighted by molar-refractivity contribution is -0.155. The van der Waals surface area contributed by atoms with Crippen LogP contribution in [0.3, 0.4) is 0 Å². The number of amides is 2. The average Bonchev–Trinajstić information content (AvgIpc) is 3.28. The van der Waals surface area contributed by atoms with Crippen molar-refractivity contribution in [3.05, 3.63) is 45.4 Å². The van der Waals surface area contributed by atoms with Crippen LogP contribution < -0.4 is 4.74 Å². The van der Waals surface area contributed by atoms with Crippen molar-refractivity contribution in [1.82, 2.24) is 14.8 Å². The molecule has 0 radical (unpaired) electrons. The van der Waals surface area contributed by atoms with Gasteiger partial charge in [-0.1, -0.05) is 6.07 Å². The summed E-state index contributed by atoms with van der Waals surface area (Å²) in [7, 11) is 1.56. The highest BCUT2D eigenvalue weighted by Gasteiger charge is 2.28. The number of ether oxygens (including phenoxy) is 2. The molecule has 0 unspecified atom stereocenters. The van der Waals surface area contributed by atoms with Crippen molar-refractivity contribution >= 4 is 29.1 Å². The molecule has 1 fully saturated rings. The number of likely N-dealkylation sites (N-methyl/N-ethyl adjacent to an activating group) is 1. The molecule has 0 bridgehead atoms. The van der Waals surface area contributed by atoms with Crippen LogP contribution in [0.2, 0.25) is 0 Å². The van der Waals surface area contributed by atoms with Crippen LogP contribution in [0.5, 0.6) is 5.75 Å². The smallest absolute Gasteiger partial charge is 0.326 e. The topological polar surface area (TPSA) is 89.0 Å². The highest BCUT2D eigenvalue weighted by atomic mass is 32.1. The quantitative estimate of drug-likeness (QED) is 0.534. The van der Waals surface area contributed by atoms with Gasteiger partial charge in [0.15, 0.2) is 6.61 Å². The van der Waals surface area contributed by atoms with Crippen LogP contribution in [0.25, 0.3) is 0 Å². The Morgan fingerprint density at radius 1 is 1.14 bits per heavy atom. The third-order valence-corrected chi connectivity index (χ3v) is 6.92. The van der Waals surface area contributed by atoms with Crippen LogP contribution in [0, 0.1) is 13.8 Å². The molecular formula is C26H35N3O5S. The number of hydrogen-bond donors (Lipinski definition) is 0. The summed E-state index contributed by atoms with van der Waals surface area (Å²) in [5.74, 6) is 0.104. The maximum Gasteiger partial charge on any atom is 0.326 e. The van der Waals surface area contributed by atoms with Gasteiger partial charge in [-0.05, 0) is 70.7 Å². The Morgan fingerprint density at radius 3 is 2.46 bits per heavy atom. The fourth-order valence-corrected chi connectivity index (χ4v) is 4.79. The molecule has 8 nitrogen and oxygen atoms in total. The standard InChI is InChI=1S/C26H35N3O5S/c1-17-7-8-20(13-18(17)2)33-15-22(30)29-11-9-19(10-12-29)24-27-21(16-35-24)25(32)28(6)14-23(31)34-26(3,4)5/h7-8,13,16,19H,9-12,14-15H2,1-6H3. The first-order valence-electron chi connectivity index (χ1n) is 11.8. The van der Waals surface area contributed by atoms with Gasteiger partial charge < -0.3 is 19.3 Å². The fourth-order valence-electron chi connectivity index (χ4n) is 3.82. The summed E-state index contributed by atoms with van der Waals surface area (Å²) in [6.07, 6.45) is 1.56. The first-order chi connectivity index (χ1) is 16.4. The SMILES string of the molecule is Cc1ccc(OCC(=O)N2CCC(c3nc(C(=O)N(C)CC(=O)OC(C)(C)C)cs3)CC2)cc1C. The average molecular weight is 502 g/mol. The minimum atomic E-state index is -0.600. The lowest BCUT2D eigenvalue weighted by Crippen LogP contribution is -2.40. The van der Waals surface area contributed by atoms with Crippen LogP contribution in [0.15, 0.2) is 23.6 Å². The van der Waals surface area contributed by atoms with Crippen LogP contribution in [-0.2, 0) is 14.3 Å². The molecule has 1 saturated heterocycles. The third kappa shape index (κ3) is 7.52. The van der Waals surface area contributed by atoms with E-state index >= 15 is 0 Å². The number of aromatic nitrogens is 1. The van der Waals surface area contributed by atoms with Gasteiger partial charge in [-0.25, -0.2) is 4.98 Å². The van der Waals surface area contributed by atoms with Gasteiger partial charge in [0.1, 0.15) is 23.6 Å². The second kappa shape index (κ2) is 11.2. The van der Waals surface area contributed by atoms with E-state index in [9.17, 15) is 14.4 Å². The molecule has 3 rings (SSSR count). The van der Waals surface area contributed by atoms with Gasteiger partial charge in [-0.15, -0.1) is 11.3 Å². The normalized spacial score (nSPS) is 14.5. The Morgan fingerprint density at radius 2 is 1.83 bits per heavy atom. The number of thiazole rings is 1. The lowest BCUT2D eigenvalue weighted by Gasteiger charge is -2.31. The van der Waals surface area contributed by atoms with Crippen molar-refractivity contribution in [2.45, 2.75) is 59.0 Å². The molecule has 2 aromatic rings. The minimum absolute atomic E-state index is 0.0209. The third-order valence-electron chi connectivity index (χ3n) is 5.91. The van der Waals surface area contributed by atoms with Crippen molar-refractivity contribution < 1.29 is 23.9 Å². The lowest BCUT2D eigenvalue weighted by atomic mass is 9.97. The second-order valence-electron chi connectivity index (χ2n) is 10.0. The molecule has 0 saturated carbocycles. The van der Waals surface area contributed by atoms with Gasteiger partial charge in [0, 0.05) is 31.4 Å². The van der Waals surface area contributed by atoms with E-state index in [1.165, 1.54) is 21.8 Å². The molecule has 0 atom stereocenters. The van der Waals surface area contributed by atoms with E-state index in [4.69, 9.17) is 9.47 Å². The summed E-state index contributed by atoms with van der Waals surface area (Å²) in [5, 5.41) is 2.62. The molecule has 1 aliphatic rings. The zero-order valence-corrected chi connectivity index (χ0v) is 22.2. The summed E-state index contributed by atoms with van der Waals surface area (Å²) in [5.41, 5.74) is 2.05. The second-order valence-corrected chi connectivity index (χ2v) is 10.9. The molecule has 0 spiro atoms. The Balaban J connectivity index is 1.48. The molecule has 0 N–H and O–H groups in total. The number of carbonyl (C=O) groups excluding carboxylic acids is 3. The number of hydrogen-bond acceptors (Lipinski definition) is 7. The van der Waals surface area contributed by atoms with Crippen molar-refractivity contribution in [2.24, 2.45) is 0 Å². The molecule has 2 amide bonds. The van der Waals surface area contributed by atoms with Crippen molar-refractivity contribution in [1.29, 1.82) is 0 Å². The molecule has 0 aliphatic carbocycles. The predicted molar refractivity (Wildman–Crippen MR) is 135 cm³/mol. The number of piperidine rings is 1. The van der Waals surface area contributed by atoms with Crippen molar-refractivity contribution in [3.8, 4) is 5.75 Å². The number of benzene rings is 1. The Labute approximate surface area is 211 Å². The number of aryl methyl sites for hydroxylation is 2. The zero-order chi connectivity index (χ0) is 25.8. The molecular weight excluding hydrogens is 466 g/mol. The molecule has 1 aliphatic heterocycles. The Bertz CT molecular complexity index is 1070. The highest BCUT2D eigenvalue weighted by Crippen LogP contribution is 2.30. The molecule has 35 heavy (non-hydrogen) atoms. The summed E-state index contributed by atoms with van der Waals surface area (Å²) in [6.45, 7) is 10.6. The van der Waals surface area contributed by atoms with Gasteiger partial charge in [0.25, 0.3) is 11.8 Å². The monoisotopic (exact) mass is 501 g/mol. The Hall–Kier alpha value is -2.94. The van der Waals surface area contributed by atoms with Crippen molar-refractivity contribution in [3.63, 3.8) is 0 Å². The fraction of sp³-hybridized carbons (Fsp3) is 0.538. The molecule has 1 aromatic heterocycles. The van der Waals surface area contributed by atoms with Gasteiger partial charge >= 0.3 is 5.97 Å². The molecule has 9 heteroatoms. The zero-order valence-electron chi connectivity index (χ0n) is 21.4. The molecule has 2 heterocycles. The van der Waals surface area contributed by atoms with Crippen LogP contribution in [0.4, 0.5) is 0 Å². The number of carbonyl (C=O) groups is 3. The largest absolute Gasteiger partial charge is 0.484 e. The van der Waals surface area contributed by atoms with E-state index in [0.29, 0.717) is 24.5 Å². The number of likely N-dealkylation sites (tertiary alicyclic amines) is 1. The van der Waals surface area contributed by atoms with Gasteiger partial charge in [0.05, 0.1) is 5.01 Å². The van der Waals surface area contributed by atoms with E-state index in [2.05, 4.69) is 4.98 Å². The van der Waals surface area contributed by atoms with Gasteiger partial charge in [0.2, 0.25) is 0 Å². The summed E-state index contributed by atoms with van der Waals surface area (Å²) in [4.78, 5) is 45.0. The molecule has 1 aromatic carbocycles. The van der Waals surface area contributed by atoms with Gasteiger partial charge in [-0.2, -0.15) is 0 Å². The van der Waals surface area contributed by atoms with Crippen molar-refractivity contribution in [2.75, 3.05) is 33.3 Å². The van der Waals surface area contributed by atoms with E-state index in [0.717, 1.165) is 23.4 Å². The molecule has 190 valence electrons. The van der Waals surface area contributed by atoms with E-state index < -0.39 is 11.6 Å².